The first-order valence-corrected chi connectivity index (χ1v) is 4.32. The Hall–Kier alpha value is -0.630. The number of hydrogen-bond donors (Lipinski definition) is 1. The molecule has 0 amide bonds. The number of hydrogen-bond acceptors (Lipinski definition) is 2. The second-order valence-corrected chi connectivity index (χ2v) is 3.48. The van der Waals surface area contributed by atoms with Crippen LogP contribution in [0.3, 0.4) is 0 Å². The van der Waals surface area contributed by atoms with E-state index in [0.29, 0.717) is 0 Å². The van der Waals surface area contributed by atoms with E-state index in [-0.39, 0.29) is 0 Å². The second-order valence-electron chi connectivity index (χ2n) is 2.47. The molecule has 52 valence electrons. The number of nitrogens with one attached hydrogen (secondary N) is 1. The van der Waals surface area contributed by atoms with Crippen LogP contribution in [-0.2, 0) is 0 Å². The lowest BCUT2D eigenvalue weighted by Crippen LogP contribution is -1.87. The number of benzene rings is 1. The maximum Gasteiger partial charge on any atom is 0.0658 e. The summed E-state index contributed by atoms with van der Waals surface area (Å²) in [6.07, 6.45) is 0. The van der Waals surface area contributed by atoms with E-state index in [0.717, 1.165) is 5.88 Å². The first-order chi connectivity index (χ1) is 4.86. The van der Waals surface area contributed by atoms with Crippen LogP contribution in [0.25, 0.3) is 0 Å². The highest BCUT2D eigenvalue weighted by atomic mass is 32.2. The first-order valence-electron chi connectivity index (χ1n) is 3.33. The predicted octanol–water partition coefficient (Wildman–Crippen LogP) is 2.47. The van der Waals surface area contributed by atoms with E-state index in [4.69, 9.17) is 0 Å². The normalized spacial score (nSPS) is 14.5. The monoisotopic (exact) mass is 151 g/mol. The van der Waals surface area contributed by atoms with Gasteiger partial charge in [0.2, 0.25) is 0 Å². The molecule has 0 radical (unpaired) electrons. The van der Waals surface area contributed by atoms with Crippen molar-refractivity contribution in [3.05, 3.63) is 23.8 Å². The van der Waals surface area contributed by atoms with Crippen molar-refractivity contribution in [2.45, 2.75) is 11.8 Å². The molecule has 10 heavy (non-hydrogen) atoms. The Bertz CT molecular complexity index is 257. The number of thioether (sulfide) groups is 1. The first kappa shape index (κ1) is 6.10. The van der Waals surface area contributed by atoms with Crippen LogP contribution >= 0.6 is 11.8 Å². The summed E-state index contributed by atoms with van der Waals surface area (Å²) in [5.41, 5.74) is 2.62. The molecule has 1 aromatic rings. The molecule has 0 spiro atoms. The smallest absolute Gasteiger partial charge is 0.0658 e. The Kier molecular flexibility index (Phi) is 1.34. The molecule has 0 bridgehead atoms. The van der Waals surface area contributed by atoms with Gasteiger partial charge in [0.25, 0.3) is 0 Å². The molecule has 1 aromatic carbocycles. The van der Waals surface area contributed by atoms with Gasteiger partial charge in [0.15, 0.2) is 0 Å². The third-order valence-corrected chi connectivity index (χ3v) is 2.58. The zero-order valence-corrected chi connectivity index (χ0v) is 6.66. The summed E-state index contributed by atoms with van der Waals surface area (Å²) in [5, 5.41) is 3.30. The van der Waals surface area contributed by atoms with E-state index >= 15 is 0 Å². The van der Waals surface area contributed by atoms with E-state index in [9.17, 15) is 0 Å². The Morgan fingerprint density at radius 1 is 1.50 bits per heavy atom. The Morgan fingerprint density at radius 3 is 3.30 bits per heavy atom. The van der Waals surface area contributed by atoms with Crippen molar-refractivity contribution in [2.24, 2.45) is 0 Å². The lowest BCUT2D eigenvalue weighted by molar-refractivity contribution is 1.37. The SMILES string of the molecule is Cc1ccc2c(c1)NCS2. The number of rotatable bonds is 0. The highest BCUT2D eigenvalue weighted by Gasteiger charge is 2.08. The highest BCUT2D eigenvalue weighted by molar-refractivity contribution is 7.99. The van der Waals surface area contributed by atoms with E-state index in [2.05, 4.69) is 30.4 Å². The van der Waals surface area contributed by atoms with Gasteiger partial charge in [-0.25, -0.2) is 0 Å². The van der Waals surface area contributed by atoms with E-state index < -0.39 is 0 Å². The van der Waals surface area contributed by atoms with Crippen LogP contribution in [0.5, 0.6) is 0 Å². The quantitative estimate of drug-likeness (QED) is 0.611. The maximum absolute atomic E-state index is 3.30. The molecule has 1 nitrogen and oxygen atoms in total. The molecule has 0 saturated carbocycles. The molecule has 0 aliphatic carbocycles. The minimum atomic E-state index is 1.03. The maximum atomic E-state index is 3.30. The third-order valence-electron chi connectivity index (χ3n) is 1.63. The van der Waals surface area contributed by atoms with Crippen LogP contribution in [0.4, 0.5) is 5.69 Å². The minimum Gasteiger partial charge on any atom is -0.375 e. The van der Waals surface area contributed by atoms with Crippen molar-refractivity contribution < 1.29 is 0 Å². The number of anilines is 1. The molecule has 0 aromatic heterocycles. The van der Waals surface area contributed by atoms with Crippen molar-refractivity contribution in [3.63, 3.8) is 0 Å². The fourth-order valence-electron chi connectivity index (χ4n) is 1.10. The van der Waals surface area contributed by atoms with Crippen molar-refractivity contribution in [3.8, 4) is 0 Å². The van der Waals surface area contributed by atoms with Gasteiger partial charge >= 0.3 is 0 Å². The molecule has 0 fully saturated rings. The van der Waals surface area contributed by atoms with Crippen molar-refractivity contribution in [2.75, 3.05) is 11.2 Å². The highest BCUT2D eigenvalue weighted by Crippen LogP contribution is 2.33. The largest absolute Gasteiger partial charge is 0.375 e. The second kappa shape index (κ2) is 2.20. The van der Waals surface area contributed by atoms with Gasteiger partial charge in [-0.2, -0.15) is 0 Å². The van der Waals surface area contributed by atoms with Crippen LogP contribution in [0, 0.1) is 6.92 Å². The molecular formula is C8H9NS. The van der Waals surface area contributed by atoms with Gasteiger partial charge in [0, 0.05) is 10.6 Å². The standard InChI is InChI=1S/C8H9NS/c1-6-2-3-8-7(4-6)9-5-10-8/h2-4,9H,5H2,1H3. The average Bonchev–Trinajstić information content (AvgIpc) is 2.33. The zero-order valence-electron chi connectivity index (χ0n) is 5.85. The number of aryl methyl sites for hydroxylation is 1. The molecule has 2 rings (SSSR count). The van der Waals surface area contributed by atoms with Crippen molar-refractivity contribution >= 4 is 17.4 Å². The van der Waals surface area contributed by atoms with Crippen molar-refractivity contribution in [1.82, 2.24) is 0 Å². The van der Waals surface area contributed by atoms with Crippen LogP contribution in [0.1, 0.15) is 5.56 Å². The number of fused-ring (bicyclic) bond motifs is 1. The molecule has 0 unspecified atom stereocenters. The molecule has 1 heterocycles. The molecule has 2 heteroatoms. The van der Waals surface area contributed by atoms with E-state index in [1.54, 1.807) is 0 Å². The van der Waals surface area contributed by atoms with Gasteiger partial charge in [-0.1, -0.05) is 6.07 Å². The topological polar surface area (TPSA) is 12.0 Å². The summed E-state index contributed by atoms with van der Waals surface area (Å²) in [6.45, 7) is 2.12. The van der Waals surface area contributed by atoms with Crippen molar-refractivity contribution in [1.29, 1.82) is 0 Å². The summed E-state index contributed by atoms with van der Waals surface area (Å²) < 4.78 is 0. The van der Waals surface area contributed by atoms with Gasteiger partial charge in [0.1, 0.15) is 0 Å². The summed E-state index contributed by atoms with van der Waals surface area (Å²) in [7, 11) is 0. The van der Waals surface area contributed by atoms with Gasteiger partial charge in [-0.15, -0.1) is 11.8 Å². The fraction of sp³-hybridized carbons (Fsp3) is 0.250. The fourth-order valence-corrected chi connectivity index (χ4v) is 1.93. The van der Waals surface area contributed by atoms with Crippen LogP contribution in [0.2, 0.25) is 0 Å². The Balaban J connectivity index is 2.52. The van der Waals surface area contributed by atoms with E-state index in [1.807, 2.05) is 11.8 Å². The summed E-state index contributed by atoms with van der Waals surface area (Å²) in [4.78, 5) is 1.38. The minimum absolute atomic E-state index is 1.03. The van der Waals surface area contributed by atoms with Gasteiger partial charge in [-0.05, 0) is 24.6 Å². The summed E-state index contributed by atoms with van der Waals surface area (Å²) >= 11 is 1.87. The zero-order chi connectivity index (χ0) is 6.97. The molecular weight excluding hydrogens is 142 g/mol. The molecule has 0 saturated heterocycles. The van der Waals surface area contributed by atoms with Gasteiger partial charge in [0.05, 0.1) is 5.88 Å². The third kappa shape index (κ3) is 0.886. The molecule has 1 aliphatic heterocycles. The average molecular weight is 151 g/mol. The summed E-state index contributed by atoms with van der Waals surface area (Å²) in [6, 6.07) is 6.52. The van der Waals surface area contributed by atoms with Gasteiger partial charge < -0.3 is 5.32 Å². The van der Waals surface area contributed by atoms with Crippen LogP contribution in [0.15, 0.2) is 23.1 Å². The Morgan fingerprint density at radius 2 is 2.40 bits per heavy atom. The predicted molar refractivity (Wildman–Crippen MR) is 45.5 cm³/mol. The molecule has 1 N–H and O–H groups in total. The Labute approximate surface area is 64.8 Å². The van der Waals surface area contributed by atoms with Gasteiger partial charge in [-0.3, -0.25) is 0 Å². The molecule has 1 aliphatic rings. The van der Waals surface area contributed by atoms with Crippen LogP contribution in [-0.4, -0.2) is 5.88 Å². The summed E-state index contributed by atoms with van der Waals surface area (Å²) in [5.74, 6) is 1.03. The lowest BCUT2D eigenvalue weighted by atomic mass is 10.2. The molecule has 0 atom stereocenters. The van der Waals surface area contributed by atoms with E-state index in [1.165, 1.54) is 16.1 Å². The van der Waals surface area contributed by atoms with Crippen LogP contribution < -0.4 is 5.32 Å². The lowest BCUT2D eigenvalue weighted by Gasteiger charge is -1.97.